The van der Waals surface area contributed by atoms with Gasteiger partial charge in [0, 0.05) is 24.5 Å². The van der Waals surface area contributed by atoms with E-state index in [4.69, 9.17) is 0 Å². The van der Waals surface area contributed by atoms with Crippen molar-refractivity contribution in [3.05, 3.63) is 72.2 Å². The van der Waals surface area contributed by atoms with Crippen molar-refractivity contribution in [2.75, 3.05) is 5.32 Å². The first-order chi connectivity index (χ1) is 11.2. The average Bonchev–Trinajstić information content (AvgIpc) is 2.98. The minimum absolute atomic E-state index is 0.152. The molecule has 116 valence electrons. The number of aromatic nitrogens is 2. The van der Waals surface area contributed by atoms with E-state index in [1.54, 1.807) is 18.3 Å². The van der Waals surface area contributed by atoms with Crippen molar-refractivity contribution in [3.63, 3.8) is 0 Å². The van der Waals surface area contributed by atoms with Gasteiger partial charge < -0.3 is 15.0 Å². The molecule has 2 N–H and O–H groups in total. The van der Waals surface area contributed by atoms with Crippen molar-refractivity contribution in [1.29, 1.82) is 0 Å². The highest BCUT2D eigenvalue weighted by Gasteiger charge is 2.15. The Hall–Kier alpha value is -2.92. The molecule has 3 aromatic rings. The second kappa shape index (κ2) is 6.46. The van der Waals surface area contributed by atoms with Gasteiger partial charge in [0.15, 0.2) is 0 Å². The zero-order valence-electron chi connectivity index (χ0n) is 12.7. The summed E-state index contributed by atoms with van der Waals surface area (Å²) in [4.78, 5) is 16.5. The Balaban J connectivity index is 1.88. The van der Waals surface area contributed by atoms with Crippen LogP contribution in [0.15, 0.2) is 60.9 Å². The number of carbonyl (C=O) groups excluding carboxylic acids is 1. The van der Waals surface area contributed by atoms with Gasteiger partial charge in [0.2, 0.25) is 0 Å². The zero-order chi connectivity index (χ0) is 16.2. The van der Waals surface area contributed by atoms with Gasteiger partial charge >= 0.3 is 0 Å². The molecule has 2 aromatic heterocycles. The molecule has 0 radical (unpaired) electrons. The fourth-order valence-electron chi connectivity index (χ4n) is 2.50. The van der Waals surface area contributed by atoms with E-state index in [0.29, 0.717) is 16.9 Å². The Kier molecular flexibility index (Phi) is 4.21. The minimum atomic E-state index is -0.239. The third-order valence-corrected chi connectivity index (χ3v) is 3.75. The molecule has 1 amide bonds. The number of carbonyl (C=O) groups is 1. The number of pyridine rings is 1. The Morgan fingerprint density at radius 2 is 1.96 bits per heavy atom. The Morgan fingerprint density at radius 3 is 2.70 bits per heavy atom. The van der Waals surface area contributed by atoms with Gasteiger partial charge in [-0.2, -0.15) is 0 Å². The largest absolute Gasteiger partial charge is 0.392 e. The number of nitrogens with zero attached hydrogens (tertiary/aromatic N) is 2. The number of hydrogen-bond donors (Lipinski definition) is 2. The van der Waals surface area contributed by atoms with Gasteiger partial charge in [-0.1, -0.05) is 30.3 Å². The maximum absolute atomic E-state index is 12.5. The van der Waals surface area contributed by atoms with E-state index in [0.717, 1.165) is 11.3 Å². The van der Waals surface area contributed by atoms with Crippen LogP contribution in [0.4, 0.5) is 5.69 Å². The summed E-state index contributed by atoms with van der Waals surface area (Å²) in [6.07, 6.45) is 3.11. The van der Waals surface area contributed by atoms with Crippen LogP contribution in [0.25, 0.3) is 11.3 Å². The third-order valence-electron chi connectivity index (χ3n) is 3.75. The van der Waals surface area contributed by atoms with Crippen LogP contribution in [0.2, 0.25) is 0 Å². The van der Waals surface area contributed by atoms with Crippen LogP contribution in [-0.2, 0) is 13.7 Å². The molecule has 5 nitrogen and oxygen atoms in total. The normalized spacial score (nSPS) is 10.5. The fourth-order valence-corrected chi connectivity index (χ4v) is 2.50. The second-order valence-corrected chi connectivity index (χ2v) is 5.17. The highest BCUT2D eigenvalue weighted by atomic mass is 16.3. The molecule has 0 aliphatic carbocycles. The van der Waals surface area contributed by atoms with Crippen molar-refractivity contribution >= 4 is 11.6 Å². The predicted octanol–water partition coefficient (Wildman–Crippen LogP) is 2.83. The van der Waals surface area contributed by atoms with E-state index >= 15 is 0 Å². The lowest BCUT2D eigenvalue weighted by Crippen LogP contribution is -2.17. The monoisotopic (exact) mass is 307 g/mol. The quantitative estimate of drug-likeness (QED) is 0.779. The van der Waals surface area contributed by atoms with Crippen LogP contribution in [0, 0.1) is 0 Å². The van der Waals surface area contributed by atoms with Crippen LogP contribution in [-0.4, -0.2) is 20.6 Å². The van der Waals surface area contributed by atoms with Gasteiger partial charge in [-0.05, 0) is 23.8 Å². The number of hydrogen-bond acceptors (Lipinski definition) is 3. The molecule has 0 fully saturated rings. The zero-order valence-corrected chi connectivity index (χ0v) is 12.7. The second-order valence-electron chi connectivity index (χ2n) is 5.17. The molecule has 2 heterocycles. The molecular formula is C18H17N3O2. The van der Waals surface area contributed by atoms with E-state index < -0.39 is 0 Å². The maximum Gasteiger partial charge on any atom is 0.272 e. The van der Waals surface area contributed by atoms with E-state index in [-0.39, 0.29) is 12.5 Å². The molecule has 0 aliphatic heterocycles. The number of aliphatic hydroxyl groups excluding tert-OH is 1. The molecule has 3 rings (SSSR count). The maximum atomic E-state index is 12.5. The molecule has 0 saturated heterocycles. The van der Waals surface area contributed by atoms with Crippen molar-refractivity contribution in [2.45, 2.75) is 6.61 Å². The average molecular weight is 307 g/mol. The first-order valence-electron chi connectivity index (χ1n) is 7.27. The standard InChI is InChI=1S/C18H17N3O2/c1-21-16(13-5-3-2-4-6-13)7-8-17(21)18(23)20-15-11-19-10-9-14(15)12-22/h2-11,22H,12H2,1H3,(H,20,23). The van der Waals surface area contributed by atoms with E-state index in [1.807, 2.05) is 48.0 Å². The molecule has 5 heteroatoms. The van der Waals surface area contributed by atoms with Crippen LogP contribution < -0.4 is 5.32 Å². The van der Waals surface area contributed by atoms with Gasteiger partial charge in [-0.3, -0.25) is 9.78 Å². The highest BCUT2D eigenvalue weighted by Crippen LogP contribution is 2.22. The molecule has 0 spiro atoms. The van der Waals surface area contributed by atoms with Crippen LogP contribution >= 0.6 is 0 Å². The molecule has 0 unspecified atom stereocenters. The first kappa shape index (κ1) is 15.0. The van der Waals surface area contributed by atoms with Gasteiger partial charge in [-0.25, -0.2) is 0 Å². The SMILES string of the molecule is Cn1c(C(=O)Nc2cnccc2CO)ccc1-c1ccccc1. The van der Waals surface area contributed by atoms with Crippen LogP contribution in [0.5, 0.6) is 0 Å². The Bertz CT molecular complexity index is 825. The van der Waals surface area contributed by atoms with E-state index in [1.165, 1.54) is 6.20 Å². The summed E-state index contributed by atoms with van der Waals surface area (Å²) >= 11 is 0. The van der Waals surface area contributed by atoms with Crippen molar-refractivity contribution in [3.8, 4) is 11.3 Å². The number of benzene rings is 1. The van der Waals surface area contributed by atoms with Gasteiger partial charge in [0.05, 0.1) is 18.5 Å². The molecule has 0 aliphatic rings. The molecule has 23 heavy (non-hydrogen) atoms. The molecular weight excluding hydrogens is 290 g/mol. The first-order valence-corrected chi connectivity index (χ1v) is 7.27. The fraction of sp³-hybridized carbons (Fsp3) is 0.111. The van der Waals surface area contributed by atoms with Gasteiger partial charge in [-0.15, -0.1) is 0 Å². The topological polar surface area (TPSA) is 67.2 Å². The summed E-state index contributed by atoms with van der Waals surface area (Å²) in [5.74, 6) is -0.239. The molecule has 1 aromatic carbocycles. The third kappa shape index (κ3) is 3.00. The summed E-state index contributed by atoms with van der Waals surface area (Å²) < 4.78 is 1.85. The summed E-state index contributed by atoms with van der Waals surface area (Å²) in [6, 6.07) is 15.3. The summed E-state index contributed by atoms with van der Waals surface area (Å²) in [7, 11) is 1.85. The van der Waals surface area contributed by atoms with E-state index in [9.17, 15) is 9.90 Å². The van der Waals surface area contributed by atoms with Gasteiger partial charge in [0.1, 0.15) is 5.69 Å². The number of nitrogens with one attached hydrogen (secondary N) is 1. The molecule has 0 atom stereocenters. The van der Waals surface area contributed by atoms with Crippen LogP contribution in [0.1, 0.15) is 16.1 Å². The summed E-state index contributed by atoms with van der Waals surface area (Å²) in [5.41, 5.74) is 3.70. The number of aliphatic hydroxyl groups is 1. The number of rotatable bonds is 4. The van der Waals surface area contributed by atoms with Crippen molar-refractivity contribution in [2.24, 2.45) is 7.05 Å². The Labute approximate surface area is 134 Å². The van der Waals surface area contributed by atoms with Crippen molar-refractivity contribution in [1.82, 2.24) is 9.55 Å². The lowest BCUT2D eigenvalue weighted by molar-refractivity contribution is 0.101. The molecule has 0 saturated carbocycles. The van der Waals surface area contributed by atoms with Crippen molar-refractivity contribution < 1.29 is 9.90 Å². The lowest BCUT2D eigenvalue weighted by Gasteiger charge is -2.10. The number of amides is 1. The predicted molar refractivity (Wildman–Crippen MR) is 89.0 cm³/mol. The smallest absolute Gasteiger partial charge is 0.272 e. The summed E-state index contributed by atoms with van der Waals surface area (Å²) in [6.45, 7) is -0.152. The van der Waals surface area contributed by atoms with E-state index in [2.05, 4.69) is 10.3 Å². The Morgan fingerprint density at radius 1 is 1.17 bits per heavy atom. The minimum Gasteiger partial charge on any atom is -0.392 e. The van der Waals surface area contributed by atoms with Crippen LogP contribution in [0.3, 0.4) is 0 Å². The lowest BCUT2D eigenvalue weighted by atomic mass is 10.2. The van der Waals surface area contributed by atoms with Gasteiger partial charge in [0.25, 0.3) is 5.91 Å². The highest BCUT2D eigenvalue weighted by molar-refractivity contribution is 6.04. The molecule has 0 bridgehead atoms. The number of anilines is 1. The summed E-state index contributed by atoms with van der Waals surface area (Å²) in [5, 5.41) is 12.1.